The Morgan fingerprint density at radius 2 is 1.78 bits per heavy atom. The smallest absolute Gasteiger partial charge is 0.254 e. The summed E-state index contributed by atoms with van der Waals surface area (Å²) >= 11 is 0. The molecule has 1 fully saturated rings. The molecule has 32 heavy (non-hydrogen) atoms. The van der Waals surface area contributed by atoms with E-state index in [0.717, 1.165) is 30.5 Å². The van der Waals surface area contributed by atoms with E-state index in [1.54, 1.807) is 33.5 Å². The lowest BCUT2D eigenvalue weighted by Gasteiger charge is -2.25. The van der Waals surface area contributed by atoms with Crippen molar-refractivity contribution in [3.8, 4) is 17.2 Å². The molecule has 6 nitrogen and oxygen atoms in total. The Morgan fingerprint density at radius 1 is 1.09 bits per heavy atom. The maximum Gasteiger partial charge on any atom is 0.254 e. The molecule has 1 heterocycles. The molecule has 1 atom stereocenters. The molecule has 0 aliphatic carbocycles. The van der Waals surface area contributed by atoms with Gasteiger partial charge in [0.15, 0.2) is 11.5 Å². The number of amides is 1. The lowest BCUT2D eigenvalue weighted by atomic mass is 10.1. The summed E-state index contributed by atoms with van der Waals surface area (Å²) in [5.41, 5.74) is 2.77. The highest BCUT2D eigenvalue weighted by atomic mass is 16.5. The highest BCUT2D eigenvalue weighted by molar-refractivity contribution is 5.96. The van der Waals surface area contributed by atoms with Crippen LogP contribution < -0.4 is 19.5 Å². The van der Waals surface area contributed by atoms with Gasteiger partial charge in [-0.2, -0.15) is 0 Å². The molecular formula is C26H34N2O4. The monoisotopic (exact) mass is 438 g/mol. The first-order valence-corrected chi connectivity index (χ1v) is 11.1. The van der Waals surface area contributed by atoms with Gasteiger partial charge < -0.3 is 24.4 Å². The van der Waals surface area contributed by atoms with Crippen LogP contribution in [0.25, 0.3) is 6.08 Å². The zero-order valence-corrected chi connectivity index (χ0v) is 19.5. The molecule has 2 aromatic carbocycles. The largest absolute Gasteiger partial charge is 0.493 e. The van der Waals surface area contributed by atoms with Crippen molar-refractivity contribution in [3.05, 3.63) is 59.2 Å². The summed E-state index contributed by atoms with van der Waals surface area (Å²) in [6.07, 6.45) is 5.40. The van der Waals surface area contributed by atoms with Gasteiger partial charge in [0, 0.05) is 24.7 Å². The number of benzene rings is 2. The summed E-state index contributed by atoms with van der Waals surface area (Å²) in [6.45, 7) is 4.35. The molecule has 2 aromatic rings. The summed E-state index contributed by atoms with van der Waals surface area (Å²) < 4.78 is 16.3. The Hall–Kier alpha value is -2.99. The number of hydrogen-bond donors (Lipinski definition) is 1. The summed E-state index contributed by atoms with van der Waals surface area (Å²) in [4.78, 5) is 15.5. The molecule has 1 saturated heterocycles. The summed E-state index contributed by atoms with van der Waals surface area (Å²) in [5, 5.41) is 3.53. The minimum absolute atomic E-state index is 0.0527. The van der Waals surface area contributed by atoms with E-state index in [-0.39, 0.29) is 5.91 Å². The Balaban J connectivity index is 1.86. The Bertz CT molecular complexity index is 896. The van der Waals surface area contributed by atoms with Gasteiger partial charge in [-0.25, -0.2) is 0 Å². The highest BCUT2D eigenvalue weighted by Gasteiger charge is 2.23. The summed E-state index contributed by atoms with van der Waals surface area (Å²) in [7, 11) is 4.67. The standard InChI is InChI=1S/C26H34N2O4/c1-19(15-20-9-6-5-7-10-20)18-28(14-12-22-11-8-13-27-22)26(29)21-16-23(30-2)25(32-4)24(17-21)31-3/h5-7,9-10,15-17,22,27H,8,11-14,18H2,1-4H3/b19-15+/t22-/m0/s1. The van der Waals surface area contributed by atoms with E-state index in [4.69, 9.17) is 14.2 Å². The van der Waals surface area contributed by atoms with Crippen molar-refractivity contribution in [1.82, 2.24) is 10.2 Å². The zero-order chi connectivity index (χ0) is 22.9. The van der Waals surface area contributed by atoms with Crippen LogP contribution in [0.2, 0.25) is 0 Å². The highest BCUT2D eigenvalue weighted by Crippen LogP contribution is 2.38. The number of ether oxygens (including phenoxy) is 3. The molecule has 1 aliphatic heterocycles. The third-order valence-corrected chi connectivity index (χ3v) is 5.76. The number of methoxy groups -OCH3 is 3. The van der Waals surface area contributed by atoms with Gasteiger partial charge >= 0.3 is 0 Å². The molecule has 0 saturated carbocycles. The predicted molar refractivity (Wildman–Crippen MR) is 128 cm³/mol. The average Bonchev–Trinajstić information content (AvgIpc) is 3.34. The molecule has 0 spiro atoms. The number of rotatable bonds is 10. The third-order valence-electron chi connectivity index (χ3n) is 5.76. The molecular weight excluding hydrogens is 404 g/mol. The minimum atomic E-state index is -0.0527. The van der Waals surface area contributed by atoms with Gasteiger partial charge in [-0.1, -0.05) is 42.0 Å². The van der Waals surface area contributed by atoms with E-state index < -0.39 is 0 Å². The molecule has 3 rings (SSSR count). The first kappa shape index (κ1) is 23.7. The van der Waals surface area contributed by atoms with Gasteiger partial charge in [0.25, 0.3) is 5.91 Å². The molecule has 1 N–H and O–H groups in total. The molecule has 0 radical (unpaired) electrons. The zero-order valence-electron chi connectivity index (χ0n) is 19.5. The van der Waals surface area contributed by atoms with E-state index >= 15 is 0 Å². The van der Waals surface area contributed by atoms with Crippen LogP contribution in [-0.4, -0.2) is 57.8 Å². The summed E-state index contributed by atoms with van der Waals surface area (Å²) in [6, 6.07) is 14.1. The number of hydrogen-bond acceptors (Lipinski definition) is 5. The third kappa shape index (κ3) is 6.04. The van der Waals surface area contributed by atoms with Gasteiger partial charge in [0.1, 0.15) is 0 Å². The second-order valence-electron chi connectivity index (χ2n) is 8.12. The fraction of sp³-hybridized carbons (Fsp3) is 0.423. The van der Waals surface area contributed by atoms with E-state index in [2.05, 4.69) is 30.4 Å². The number of nitrogens with zero attached hydrogens (tertiary/aromatic N) is 1. The fourth-order valence-corrected chi connectivity index (χ4v) is 4.13. The van der Waals surface area contributed by atoms with Crippen molar-refractivity contribution in [1.29, 1.82) is 0 Å². The Kier molecular flexibility index (Phi) is 8.56. The first-order valence-electron chi connectivity index (χ1n) is 11.1. The maximum atomic E-state index is 13.6. The average molecular weight is 439 g/mol. The van der Waals surface area contributed by atoms with Crippen LogP contribution in [0.4, 0.5) is 0 Å². The van der Waals surface area contributed by atoms with Crippen LogP contribution >= 0.6 is 0 Å². The second-order valence-corrected chi connectivity index (χ2v) is 8.12. The van der Waals surface area contributed by atoms with Gasteiger partial charge in [0.05, 0.1) is 21.3 Å². The SMILES string of the molecule is COc1cc(C(=O)N(CC[C@@H]2CCCN2)C/C(C)=C/c2ccccc2)cc(OC)c1OC. The van der Waals surface area contributed by atoms with Crippen LogP contribution in [0.1, 0.15) is 42.1 Å². The van der Waals surface area contributed by atoms with Crippen molar-refractivity contribution in [3.63, 3.8) is 0 Å². The normalized spacial score (nSPS) is 16.0. The van der Waals surface area contributed by atoms with Gasteiger partial charge in [0.2, 0.25) is 5.75 Å². The molecule has 172 valence electrons. The van der Waals surface area contributed by atoms with Crippen molar-refractivity contribution in [2.45, 2.75) is 32.2 Å². The minimum Gasteiger partial charge on any atom is -0.493 e. The number of carbonyl (C=O) groups is 1. The van der Waals surface area contributed by atoms with E-state index in [0.29, 0.717) is 41.9 Å². The van der Waals surface area contributed by atoms with Crippen LogP contribution in [0.5, 0.6) is 17.2 Å². The molecule has 0 bridgehead atoms. The van der Waals surface area contributed by atoms with Crippen molar-refractivity contribution in [2.75, 3.05) is 41.0 Å². The van der Waals surface area contributed by atoms with Crippen LogP contribution in [0, 0.1) is 0 Å². The summed E-state index contributed by atoms with van der Waals surface area (Å²) in [5.74, 6) is 1.38. The van der Waals surface area contributed by atoms with Crippen LogP contribution in [0.15, 0.2) is 48.0 Å². The fourth-order valence-electron chi connectivity index (χ4n) is 4.13. The van der Waals surface area contributed by atoms with Crippen LogP contribution in [0.3, 0.4) is 0 Å². The maximum absolute atomic E-state index is 13.6. The van der Waals surface area contributed by atoms with Gasteiger partial charge in [-0.15, -0.1) is 0 Å². The lowest BCUT2D eigenvalue weighted by molar-refractivity contribution is 0.0764. The second kappa shape index (κ2) is 11.6. The molecule has 1 amide bonds. The van der Waals surface area contributed by atoms with E-state index in [9.17, 15) is 4.79 Å². The molecule has 1 aliphatic rings. The van der Waals surface area contributed by atoms with Crippen LogP contribution in [-0.2, 0) is 0 Å². The van der Waals surface area contributed by atoms with Gasteiger partial charge in [-0.05, 0) is 50.4 Å². The van der Waals surface area contributed by atoms with Crippen molar-refractivity contribution in [2.24, 2.45) is 0 Å². The Labute approximate surface area is 191 Å². The quantitative estimate of drug-likeness (QED) is 0.596. The molecule has 0 unspecified atom stereocenters. The number of nitrogens with one attached hydrogen (secondary N) is 1. The molecule has 6 heteroatoms. The van der Waals surface area contributed by atoms with Crippen molar-refractivity contribution < 1.29 is 19.0 Å². The van der Waals surface area contributed by atoms with E-state index in [1.165, 1.54) is 6.42 Å². The van der Waals surface area contributed by atoms with E-state index in [1.807, 2.05) is 23.1 Å². The van der Waals surface area contributed by atoms with Crippen molar-refractivity contribution >= 4 is 12.0 Å². The molecule has 0 aromatic heterocycles. The lowest BCUT2D eigenvalue weighted by Crippen LogP contribution is -2.36. The predicted octanol–water partition coefficient (Wildman–Crippen LogP) is 4.40. The topological polar surface area (TPSA) is 60.0 Å². The first-order chi connectivity index (χ1) is 15.5. The Morgan fingerprint density at radius 3 is 2.34 bits per heavy atom. The van der Waals surface area contributed by atoms with Gasteiger partial charge in [-0.3, -0.25) is 4.79 Å². The number of carbonyl (C=O) groups excluding carboxylic acids is 1.